The molecule has 132 valence electrons. The van der Waals surface area contributed by atoms with Gasteiger partial charge in [-0.05, 0) is 48.2 Å². The maximum absolute atomic E-state index is 5.87. The SMILES string of the molecule is COc1cc(CNCCCn2cccn2)ccc1OCc1cccs1. The summed E-state index contributed by atoms with van der Waals surface area (Å²) in [6, 6.07) is 12.1. The van der Waals surface area contributed by atoms with Crippen LogP contribution in [0.3, 0.4) is 0 Å². The number of rotatable bonds is 10. The topological polar surface area (TPSA) is 48.3 Å². The van der Waals surface area contributed by atoms with Crippen LogP contribution in [0.1, 0.15) is 16.9 Å². The number of nitrogens with zero attached hydrogens (tertiary/aromatic N) is 2. The number of ether oxygens (including phenoxy) is 2. The Morgan fingerprint density at radius 1 is 1.20 bits per heavy atom. The highest BCUT2D eigenvalue weighted by Gasteiger charge is 2.06. The summed E-state index contributed by atoms with van der Waals surface area (Å²) in [6.45, 7) is 3.25. The molecule has 0 aliphatic carbocycles. The van der Waals surface area contributed by atoms with Crippen LogP contribution < -0.4 is 14.8 Å². The fourth-order valence-corrected chi connectivity index (χ4v) is 3.13. The van der Waals surface area contributed by atoms with Crippen LogP contribution in [0.4, 0.5) is 0 Å². The maximum atomic E-state index is 5.87. The van der Waals surface area contributed by atoms with Crippen LogP contribution in [0.15, 0.2) is 54.2 Å². The first-order valence-electron chi connectivity index (χ1n) is 8.35. The number of hydrogen-bond acceptors (Lipinski definition) is 5. The van der Waals surface area contributed by atoms with Gasteiger partial charge in [-0.15, -0.1) is 11.3 Å². The largest absolute Gasteiger partial charge is 0.493 e. The second kappa shape index (κ2) is 9.25. The molecule has 0 atom stereocenters. The summed E-state index contributed by atoms with van der Waals surface area (Å²) in [6.07, 6.45) is 4.84. The van der Waals surface area contributed by atoms with Gasteiger partial charge in [0, 0.05) is 30.4 Å². The van der Waals surface area contributed by atoms with Crippen LogP contribution in [-0.2, 0) is 19.7 Å². The summed E-state index contributed by atoms with van der Waals surface area (Å²) in [4.78, 5) is 1.20. The molecule has 2 aromatic heterocycles. The van der Waals surface area contributed by atoms with Crippen molar-refractivity contribution in [1.82, 2.24) is 15.1 Å². The van der Waals surface area contributed by atoms with Gasteiger partial charge < -0.3 is 14.8 Å². The van der Waals surface area contributed by atoms with E-state index in [1.165, 1.54) is 10.4 Å². The van der Waals surface area contributed by atoms with Crippen LogP contribution in [0.25, 0.3) is 0 Å². The van der Waals surface area contributed by atoms with E-state index in [0.29, 0.717) is 6.61 Å². The molecule has 0 saturated carbocycles. The predicted molar refractivity (Wildman–Crippen MR) is 100 cm³/mol. The standard InChI is InChI=1S/C19H23N3O2S/c1-23-19-13-16(14-20-8-3-10-22-11-4-9-21-22)6-7-18(19)24-15-17-5-2-12-25-17/h2,4-7,9,11-13,20H,3,8,10,14-15H2,1H3. The van der Waals surface area contributed by atoms with Crippen LogP contribution in [0, 0.1) is 0 Å². The average Bonchev–Trinajstić information content (AvgIpc) is 3.34. The zero-order chi connectivity index (χ0) is 17.3. The Morgan fingerprint density at radius 2 is 2.16 bits per heavy atom. The van der Waals surface area contributed by atoms with Gasteiger partial charge in [0.15, 0.2) is 11.5 Å². The molecule has 5 nitrogen and oxygen atoms in total. The Hall–Kier alpha value is -2.31. The zero-order valence-electron chi connectivity index (χ0n) is 14.4. The molecule has 1 aromatic carbocycles. The lowest BCUT2D eigenvalue weighted by Gasteiger charge is -2.12. The van der Waals surface area contributed by atoms with E-state index >= 15 is 0 Å². The normalized spacial score (nSPS) is 10.8. The summed E-state index contributed by atoms with van der Waals surface area (Å²) in [7, 11) is 1.68. The molecule has 0 saturated heterocycles. The van der Waals surface area contributed by atoms with Crippen LogP contribution in [0.2, 0.25) is 0 Å². The van der Waals surface area contributed by atoms with Gasteiger partial charge in [-0.25, -0.2) is 0 Å². The molecule has 0 aliphatic rings. The van der Waals surface area contributed by atoms with Gasteiger partial charge in [0.2, 0.25) is 0 Å². The van der Waals surface area contributed by atoms with Gasteiger partial charge >= 0.3 is 0 Å². The summed E-state index contributed by atoms with van der Waals surface area (Å²) in [5.74, 6) is 1.55. The molecule has 0 bridgehead atoms. The Labute approximate surface area is 152 Å². The van der Waals surface area contributed by atoms with Crippen LogP contribution in [-0.4, -0.2) is 23.4 Å². The first kappa shape index (κ1) is 17.5. The van der Waals surface area contributed by atoms with Gasteiger partial charge in [-0.1, -0.05) is 12.1 Å². The molecule has 1 N–H and O–H groups in total. The minimum absolute atomic E-state index is 0.569. The molecule has 2 heterocycles. The highest BCUT2D eigenvalue weighted by atomic mass is 32.1. The molecule has 0 radical (unpaired) electrons. The summed E-state index contributed by atoms with van der Waals surface area (Å²) >= 11 is 1.69. The molecule has 0 fully saturated rings. The first-order chi connectivity index (χ1) is 12.3. The van der Waals surface area contributed by atoms with Crippen molar-refractivity contribution in [3.63, 3.8) is 0 Å². The average molecular weight is 357 g/mol. The number of methoxy groups -OCH3 is 1. The van der Waals surface area contributed by atoms with E-state index in [1.54, 1.807) is 18.4 Å². The van der Waals surface area contributed by atoms with Crippen molar-refractivity contribution >= 4 is 11.3 Å². The molecule has 0 amide bonds. The lowest BCUT2D eigenvalue weighted by atomic mass is 10.2. The minimum Gasteiger partial charge on any atom is -0.493 e. The monoisotopic (exact) mass is 357 g/mol. The lowest BCUT2D eigenvalue weighted by molar-refractivity contribution is 0.287. The predicted octanol–water partition coefficient (Wildman–Crippen LogP) is 3.71. The Kier molecular flexibility index (Phi) is 6.48. The van der Waals surface area contributed by atoms with E-state index in [1.807, 2.05) is 41.3 Å². The maximum Gasteiger partial charge on any atom is 0.161 e. The third-order valence-corrected chi connectivity index (χ3v) is 4.66. The van der Waals surface area contributed by atoms with E-state index in [2.05, 4.69) is 27.9 Å². The molecular weight excluding hydrogens is 334 g/mol. The minimum atomic E-state index is 0.569. The van der Waals surface area contributed by atoms with Crippen molar-refractivity contribution in [2.45, 2.75) is 26.1 Å². The summed E-state index contributed by atoms with van der Waals surface area (Å²) in [5.41, 5.74) is 1.18. The molecule has 0 unspecified atom stereocenters. The number of aromatic nitrogens is 2. The molecule has 25 heavy (non-hydrogen) atoms. The quantitative estimate of drug-likeness (QED) is 0.562. The number of nitrogens with one attached hydrogen (secondary N) is 1. The fraction of sp³-hybridized carbons (Fsp3) is 0.316. The third kappa shape index (κ3) is 5.34. The van der Waals surface area contributed by atoms with Crippen molar-refractivity contribution in [3.05, 3.63) is 64.6 Å². The van der Waals surface area contributed by atoms with E-state index in [4.69, 9.17) is 9.47 Å². The van der Waals surface area contributed by atoms with Crippen LogP contribution in [0.5, 0.6) is 11.5 Å². The molecule has 0 spiro atoms. The Balaban J connectivity index is 1.45. The van der Waals surface area contributed by atoms with Crippen molar-refractivity contribution in [3.8, 4) is 11.5 Å². The lowest BCUT2D eigenvalue weighted by Crippen LogP contribution is -2.16. The molecule has 3 rings (SSSR count). The van der Waals surface area contributed by atoms with Gasteiger partial charge in [0.1, 0.15) is 6.61 Å². The van der Waals surface area contributed by atoms with Crippen molar-refractivity contribution in [1.29, 1.82) is 0 Å². The van der Waals surface area contributed by atoms with Gasteiger partial charge in [0.25, 0.3) is 0 Å². The number of thiophene rings is 1. The highest BCUT2D eigenvalue weighted by Crippen LogP contribution is 2.29. The summed E-state index contributed by atoms with van der Waals surface area (Å²) < 4.78 is 13.3. The summed E-state index contributed by atoms with van der Waals surface area (Å²) in [5, 5.41) is 9.71. The molecule has 0 aliphatic heterocycles. The molecule has 3 aromatic rings. The second-order valence-electron chi connectivity index (χ2n) is 5.65. The third-order valence-electron chi connectivity index (χ3n) is 3.81. The number of benzene rings is 1. The van der Waals surface area contributed by atoms with Crippen molar-refractivity contribution in [2.24, 2.45) is 0 Å². The van der Waals surface area contributed by atoms with Crippen molar-refractivity contribution < 1.29 is 9.47 Å². The fourth-order valence-electron chi connectivity index (χ4n) is 2.52. The first-order valence-corrected chi connectivity index (χ1v) is 9.23. The number of hydrogen-bond donors (Lipinski definition) is 1. The highest BCUT2D eigenvalue weighted by molar-refractivity contribution is 7.09. The molecule has 6 heteroatoms. The zero-order valence-corrected chi connectivity index (χ0v) is 15.2. The van der Waals surface area contributed by atoms with E-state index < -0.39 is 0 Å². The van der Waals surface area contributed by atoms with Crippen molar-refractivity contribution in [2.75, 3.05) is 13.7 Å². The second-order valence-corrected chi connectivity index (χ2v) is 6.68. The smallest absolute Gasteiger partial charge is 0.161 e. The Bertz CT molecular complexity index is 742. The van der Waals surface area contributed by atoms with E-state index in [0.717, 1.165) is 37.6 Å². The molecular formula is C19H23N3O2S. The van der Waals surface area contributed by atoms with E-state index in [-0.39, 0.29) is 0 Å². The van der Waals surface area contributed by atoms with Gasteiger partial charge in [0.05, 0.1) is 7.11 Å². The van der Waals surface area contributed by atoms with Gasteiger partial charge in [-0.2, -0.15) is 5.10 Å². The van der Waals surface area contributed by atoms with Crippen LogP contribution >= 0.6 is 11.3 Å². The Morgan fingerprint density at radius 3 is 2.92 bits per heavy atom. The van der Waals surface area contributed by atoms with E-state index in [9.17, 15) is 0 Å². The van der Waals surface area contributed by atoms with Gasteiger partial charge in [-0.3, -0.25) is 4.68 Å². The number of aryl methyl sites for hydroxylation is 1.